The van der Waals surface area contributed by atoms with Gasteiger partial charge in [-0.15, -0.1) is 0 Å². The Morgan fingerprint density at radius 2 is 0.956 bits per heavy atom. The second-order valence-electron chi connectivity index (χ2n) is 17.2. The molecule has 0 N–H and O–H groups in total. The van der Waals surface area contributed by atoms with E-state index in [9.17, 15) is 9.59 Å². The molecular formula is C54H62N2O12. The molecule has 0 aliphatic carbocycles. The van der Waals surface area contributed by atoms with Crippen LogP contribution in [0.15, 0.2) is 118 Å². The largest absolute Gasteiger partial charge is 0.497 e. The minimum absolute atomic E-state index is 0.0296. The number of oxazole rings is 2. The summed E-state index contributed by atoms with van der Waals surface area (Å²) in [7, 11) is 6.36. The van der Waals surface area contributed by atoms with Crippen molar-refractivity contribution in [3.05, 3.63) is 144 Å². The zero-order chi connectivity index (χ0) is 48.8. The van der Waals surface area contributed by atoms with Gasteiger partial charge >= 0.3 is 11.9 Å². The van der Waals surface area contributed by atoms with Crippen molar-refractivity contribution < 1.29 is 56.3 Å². The first kappa shape index (κ1) is 52.3. The molecule has 5 rings (SSSR count). The van der Waals surface area contributed by atoms with E-state index in [1.165, 1.54) is 12.5 Å². The van der Waals surface area contributed by atoms with Crippen molar-refractivity contribution in [1.82, 2.24) is 9.97 Å². The van der Waals surface area contributed by atoms with Crippen molar-refractivity contribution in [2.24, 2.45) is 10.8 Å². The third-order valence-electron chi connectivity index (χ3n) is 11.0. The summed E-state index contributed by atoms with van der Waals surface area (Å²) >= 11 is 0. The minimum atomic E-state index is -0.636. The molecule has 360 valence electrons. The molecule has 4 aromatic rings. The monoisotopic (exact) mass is 930 g/mol. The van der Waals surface area contributed by atoms with Gasteiger partial charge in [-0.25, -0.2) is 19.6 Å². The number of carbonyl (C=O) groups is 2. The van der Waals surface area contributed by atoms with E-state index >= 15 is 0 Å². The summed E-state index contributed by atoms with van der Waals surface area (Å²) in [6.07, 6.45) is 15.5. The van der Waals surface area contributed by atoms with Crippen LogP contribution in [0.5, 0.6) is 11.5 Å². The molecule has 0 unspecified atom stereocenters. The first-order valence-corrected chi connectivity index (χ1v) is 22.3. The van der Waals surface area contributed by atoms with E-state index in [0.29, 0.717) is 26.1 Å². The molecule has 1 aliphatic rings. The predicted molar refractivity (Wildman–Crippen MR) is 255 cm³/mol. The Kier molecular flexibility index (Phi) is 20.5. The zero-order valence-electron chi connectivity index (χ0n) is 40.2. The van der Waals surface area contributed by atoms with Gasteiger partial charge < -0.3 is 46.7 Å². The quantitative estimate of drug-likeness (QED) is 0.0870. The van der Waals surface area contributed by atoms with Gasteiger partial charge in [0.15, 0.2) is 23.2 Å². The molecule has 3 heterocycles. The maximum Gasteiger partial charge on any atom is 0.360 e. The molecule has 14 heteroatoms. The Morgan fingerprint density at radius 3 is 1.32 bits per heavy atom. The third kappa shape index (κ3) is 16.9. The van der Waals surface area contributed by atoms with Gasteiger partial charge in [-0.3, -0.25) is 0 Å². The van der Waals surface area contributed by atoms with Crippen molar-refractivity contribution in [1.29, 1.82) is 0 Å². The summed E-state index contributed by atoms with van der Waals surface area (Å²) in [4.78, 5) is 36.0. The van der Waals surface area contributed by atoms with Gasteiger partial charge in [0.1, 0.15) is 36.2 Å². The lowest BCUT2D eigenvalue weighted by molar-refractivity contribution is -0.0465. The Balaban J connectivity index is 1.33. The van der Waals surface area contributed by atoms with E-state index < -0.39 is 47.2 Å². The van der Waals surface area contributed by atoms with Crippen LogP contribution in [0.1, 0.15) is 84.4 Å². The molecule has 4 bridgehead atoms. The number of aromatic nitrogens is 2. The van der Waals surface area contributed by atoms with E-state index in [2.05, 4.69) is 33.6 Å². The highest BCUT2D eigenvalue weighted by Crippen LogP contribution is 2.30. The van der Waals surface area contributed by atoms with Crippen LogP contribution in [-0.2, 0) is 54.5 Å². The van der Waals surface area contributed by atoms with Crippen molar-refractivity contribution in [3.63, 3.8) is 0 Å². The van der Waals surface area contributed by atoms with Gasteiger partial charge in [-0.2, -0.15) is 0 Å². The third-order valence-corrected chi connectivity index (χ3v) is 11.0. The van der Waals surface area contributed by atoms with Crippen LogP contribution in [0.25, 0.3) is 0 Å². The molecule has 0 saturated heterocycles. The van der Waals surface area contributed by atoms with E-state index in [-0.39, 0.29) is 49.2 Å². The molecule has 0 spiro atoms. The Bertz CT molecular complexity index is 2280. The fraction of sp³-hybridized carbons (Fsp3) is 0.407. The summed E-state index contributed by atoms with van der Waals surface area (Å²) in [6, 6.07) is 15.3. The van der Waals surface area contributed by atoms with Crippen LogP contribution in [0.3, 0.4) is 0 Å². The summed E-state index contributed by atoms with van der Waals surface area (Å²) in [5, 5.41) is 0. The van der Waals surface area contributed by atoms with Crippen LogP contribution in [0.2, 0.25) is 0 Å². The molecule has 0 radical (unpaired) electrons. The lowest BCUT2D eigenvalue weighted by Gasteiger charge is -2.33. The van der Waals surface area contributed by atoms with E-state index in [1.807, 2.05) is 88.4 Å². The van der Waals surface area contributed by atoms with Gasteiger partial charge in [0.2, 0.25) is 0 Å². The number of fused-ring (bicyclic) bond motifs is 4. The summed E-state index contributed by atoms with van der Waals surface area (Å²) < 4.78 is 57.6. The average molecular weight is 931 g/mol. The number of allylic oxidation sites excluding steroid dienone is 4. The zero-order valence-corrected chi connectivity index (χ0v) is 40.2. The molecule has 2 aromatic carbocycles. The fourth-order valence-corrected chi connectivity index (χ4v) is 6.73. The van der Waals surface area contributed by atoms with Gasteiger partial charge in [0.25, 0.3) is 0 Å². The normalized spacial score (nSPS) is 20.8. The highest BCUT2D eigenvalue weighted by Gasteiger charge is 2.35. The standard InChI is InChI=1S/C54H62N2O12/c1-53(2,37-63-33-39-23-27-41(59-5)28-24-39)47-21-17-13-9-11-15-19-44(62-8)32-50-56-46(36-66-50)52(58)68-48(54(3,4)38-64-34-40-25-29-42(60-6)30-26-40)22-18-14-10-12-16-20-43(61-7)31-49-55-45(35-65-49)51(57)67-47/h13-20,23-30,35-36,43-44,47-48H,21-22,31-34,37-38H2,1-8H3/b17-13-,18-14-,19-15+,20-16+/t43-,44-,47-,48-/m0/s1. The highest BCUT2D eigenvalue weighted by molar-refractivity contribution is 5.87. The van der Waals surface area contributed by atoms with Crippen molar-refractivity contribution >= 4 is 11.9 Å². The maximum atomic E-state index is 13.6. The Labute approximate surface area is 399 Å². The molecule has 68 heavy (non-hydrogen) atoms. The molecule has 2 aromatic heterocycles. The van der Waals surface area contributed by atoms with Gasteiger partial charge in [0, 0.05) is 37.9 Å². The molecule has 4 atom stereocenters. The number of benzene rings is 2. The second-order valence-corrected chi connectivity index (χ2v) is 17.2. The van der Waals surface area contributed by atoms with Crippen molar-refractivity contribution in [3.8, 4) is 35.2 Å². The molecular weight excluding hydrogens is 869 g/mol. The number of hydrogen-bond acceptors (Lipinski definition) is 14. The van der Waals surface area contributed by atoms with Crippen LogP contribution >= 0.6 is 0 Å². The maximum absolute atomic E-state index is 13.6. The molecule has 0 saturated carbocycles. The van der Waals surface area contributed by atoms with E-state index in [4.69, 9.17) is 46.7 Å². The van der Waals surface area contributed by atoms with Crippen molar-refractivity contribution in [2.75, 3.05) is 41.7 Å². The predicted octanol–water partition coefficient (Wildman–Crippen LogP) is 9.06. The van der Waals surface area contributed by atoms with Crippen LogP contribution < -0.4 is 9.47 Å². The van der Waals surface area contributed by atoms with Crippen LogP contribution in [-0.4, -0.2) is 88.0 Å². The summed E-state index contributed by atoms with van der Waals surface area (Å²) in [6.45, 7) is 9.19. The number of nitrogens with zero attached hydrogens (tertiary/aromatic N) is 2. The number of cyclic esters (lactones) is 2. The number of methoxy groups -OCH3 is 4. The first-order chi connectivity index (χ1) is 32.8. The highest BCUT2D eigenvalue weighted by atomic mass is 16.6. The Hall–Kier alpha value is -6.68. The number of hydrogen-bond donors (Lipinski definition) is 0. The number of esters is 2. The summed E-state index contributed by atoms with van der Waals surface area (Å²) in [5.41, 5.74) is 0.765. The van der Waals surface area contributed by atoms with Crippen molar-refractivity contribution in [2.45, 2.75) is 91.0 Å². The van der Waals surface area contributed by atoms with Gasteiger partial charge in [-0.05, 0) is 71.8 Å². The van der Waals surface area contributed by atoms with Crippen LogP contribution in [0.4, 0.5) is 0 Å². The van der Waals surface area contributed by atoms with E-state index in [1.54, 1.807) is 64.9 Å². The average Bonchev–Trinajstić information content (AvgIpc) is 4.02. The fourth-order valence-electron chi connectivity index (χ4n) is 6.73. The SMILES string of the molecule is COc1ccc(COCC(C)(C)[C@@H]2C/C=C\C#C/C=C/[C@H](OC)Cc3nc(co3)C(=O)O[C@H](C(C)(C)COCc3ccc(OC)cc3)C/C=C\C#C/C=C/[C@H](OC)Cc3nc(co3)C(=O)O2)cc1. The number of carbonyl (C=O) groups excluding carboxylic acids is 2. The van der Waals surface area contributed by atoms with E-state index in [0.717, 1.165) is 22.6 Å². The summed E-state index contributed by atoms with van der Waals surface area (Å²) in [5.74, 6) is 12.8. The lowest BCUT2D eigenvalue weighted by Crippen LogP contribution is -2.37. The number of ether oxygens (including phenoxy) is 8. The topological polar surface area (TPSA) is 160 Å². The molecule has 0 amide bonds. The Morgan fingerprint density at radius 1 is 0.574 bits per heavy atom. The van der Waals surface area contributed by atoms with Gasteiger partial charge in [-0.1, -0.05) is 87.8 Å². The molecule has 1 aliphatic heterocycles. The molecule has 14 nitrogen and oxygen atoms in total. The van der Waals surface area contributed by atoms with Crippen LogP contribution in [0, 0.1) is 34.5 Å². The second kappa shape index (κ2) is 26.6. The van der Waals surface area contributed by atoms with Gasteiger partial charge in [0.05, 0.1) is 65.7 Å². The lowest BCUT2D eigenvalue weighted by atomic mass is 9.85. The smallest absolute Gasteiger partial charge is 0.360 e. The first-order valence-electron chi connectivity index (χ1n) is 22.3. The molecule has 0 fully saturated rings. The number of rotatable bonds is 14. The minimum Gasteiger partial charge on any atom is -0.497 e.